The molecule has 8 nitrogen and oxygen atoms in total. The lowest BCUT2D eigenvalue weighted by Crippen LogP contribution is -2.38. The number of hydrogen-bond acceptors (Lipinski definition) is 5. The number of rotatable bonds is 5. The molecule has 0 aliphatic rings. The van der Waals surface area contributed by atoms with Crippen LogP contribution < -0.4 is 16.0 Å². The van der Waals surface area contributed by atoms with E-state index in [9.17, 15) is 14.7 Å². The Morgan fingerprint density at radius 1 is 1.23 bits per heavy atom. The second-order valence-corrected chi connectivity index (χ2v) is 6.66. The first-order chi connectivity index (χ1) is 12.3. The van der Waals surface area contributed by atoms with Crippen molar-refractivity contribution < 1.29 is 9.84 Å². The standard InChI is InChI=1S/C16H16Cl2N4O4/c1-20-14-13(15(24)21(2)16(20)25)22(8-19-14)6-10(23)7-26-12-4-3-9(17)5-11(12)18/h3-5,8,10,23H,6-7H2,1-2H3. The number of imidazole rings is 1. The number of aromatic nitrogens is 4. The van der Waals surface area contributed by atoms with Crippen LogP contribution in [0.2, 0.25) is 10.0 Å². The molecule has 1 N–H and O–H groups in total. The summed E-state index contributed by atoms with van der Waals surface area (Å²) in [4.78, 5) is 28.4. The van der Waals surface area contributed by atoms with Crippen LogP contribution in [0.3, 0.4) is 0 Å². The molecule has 3 rings (SSSR count). The van der Waals surface area contributed by atoms with E-state index in [2.05, 4.69) is 4.98 Å². The fourth-order valence-corrected chi connectivity index (χ4v) is 3.06. The summed E-state index contributed by atoms with van der Waals surface area (Å²) in [5, 5.41) is 11.1. The molecule has 0 aliphatic heterocycles. The minimum absolute atomic E-state index is 0.0485. The van der Waals surface area contributed by atoms with Crippen molar-refractivity contribution in [2.45, 2.75) is 12.6 Å². The van der Waals surface area contributed by atoms with Gasteiger partial charge in [0.25, 0.3) is 5.56 Å². The molecule has 0 bridgehead atoms. The fraction of sp³-hybridized carbons (Fsp3) is 0.312. The maximum Gasteiger partial charge on any atom is 0.332 e. The van der Waals surface area contributed by atoms with Gasteiger partial charge in [0.1, 0.15) is 18.5 Å². The van der Waals surface area contributed by atoms with E-state index >= 15 is 0 Å². The van der Waals surface area contributed by atoms with Crippen LogP contribution >= 0.6 is 23.2 Å². The summed E-state index contributed by atoms with van der Waals surface area (Å²) < 4.78 is 9.27. The summed E-state index contributed by atoms with van der Waals surface area (Å²) in [6.07, 6.45) is 0.477. The Hall–Kier alpha value is -2.29. The van der Waals surface area contributed by atoms with Gasteiger partial charge in [-0.2, -0.15) is 0 Å². The molecule has 0 spiro atoms. The average molecular weight is 399 g/mol. The lowest BCUT2D eigenvalue weighted by Gasteiger charge is -2.14. The molecule has 26 heavy (non-hydrogen) atoms. The minimum atomic E-state index is -0.930. The van der Waals surface area contributed by atoms with E-state index in [0.717, 1.165) is 4.57 Å². The Morgan fingerprint density at radius 2 is 1.96 bits per heavy atom. The number of aryl methyl sites for hydroxylation is 1. The van der Waals surface area contributed by atoms with Crippen LogP contribution in [0.5, 0.6) is 5.75 Å². The molecular weight excluding hydrogens is 383 g/mol. The van der Waals surface area contributed by atoms with Gasteiger partial charge in [0.2, 0.25) is 0 Å². The highest BCUT2D eigenvalue weighted by atomic mass is 35.5. The van der Waals surface area contributed by atoms with Gasteiger partial charge in [0, 0.05) is 19.1 Å². The zero-order valence-corrected chi connectivity index (χ0v) is 15.5. The number of benzene rings is 1. The summed E-state index contributed by atoms with van der Waals surface area (Å²) in [5.74, 6) is 0.393. The molecule has 0 radical (unpaired) electrons. The smallest absolute Gasteiger partial charge is 0.332 e. The van der Waals surface area contributed by atoms with Crippen molar-refractivity contribution in [2.75, 3.05) is 6.61 Å². The third-order valence-corrected chi connectivity index (χ3v) is 4.48. The summed E-state index contributed by atoms with van der Waals surface area (Å²) >= 11 is 11.8. The van der Waals surface area contributed by atoms with Crippen molar-refractivity contribution >= 4 is 34.4 Å². The first kappa shape index (κ1) is 18.5. The number of fused-ring (bicyclic) bond motifs is 1. The molecule has 1 unspecified atom stereocenters. The van der Waals surface area contributed by atoms with Crippen LogP contribution in [0.1, 0.15) is 0 Å². The van der Waals surface area contributed by atoms with E-state index in [1.54, 1.807) is 18.2 Å². The maximum absolute atomic E-state index is 12.4. The molecule has 10 heteroatoms. The Bertz CT molecular complexity index is 1090. The van der Waals surface area contributed by atoms with E-state index in [-0.39, 0.29) is 24.3 Å². The molecule has 138 valence electrons. The van der Waals surface area contributed by atoms with Crippen LogP contribution in [-0.2, 0) is 20.6 Å². The number of aliphatic hydroxyl groups excluding tert-OH is 1. The Kier molecular flexibility index (Phi) is 5.08. The highest BCUT2D eigenvalue weighted by molar-refractivity contribution is 6.35. The highest BCUT2D eigenvalue weighted by Gasteiger charge is 2.17. The third kappa shape index (κ3) is 3.35. The van der Waals surface area contributed by atoms with Crippen LogP contribution in [0, 0.1) is 0 Å². The summed E-state index contributed by atoms with van der Waals surface area (Å²) in [7, 11) is 2.92. The Morgan fingerprint density at radius 3 is 2.65 bits per heavy atom. The van der Waals surface area contributed by atoms with Crippen molar-refractivity contribution in [1.82, 2.24) is 18.7 Å². The molecule has 2 aromatic heterocycles. The van der Waals surface area contributed by atoms with E-state index in [4.69, 9.17) is 27.9 Å². The highest BCUT2D eigenvalue weighted by Crippen LogP contribution is 2.27. The normalized spacial score (nSPS) is 12.5. The van der Waals surface area contributed by atoms with Crippen LogP contribution in [0.4, 0.5) is 0 Å². The quantitative estimate of drug-likeness (QED) is 0.696. The molecule has 3 aromatic rings. The molecule has 0 fully saturated rings. The third-order valence-electron chi connectivity index (χ3n) is 3.95. The number of aliphatic hydroxyl groups is 1. The van der Waals surface area contributed by atoms with Crippen molar-refractivity contribution in [2.24, 2.45) is 14.1 Å². The molecular formula is C16H16Cl2N4O4. The second kappa shape index (κ2) is 7.14. The van der Waals surface area contributed by atoms with E-state index < -0.39 is 17.4 Å². The predicted octanol–water partition coefficient (Wildman–Crippen LogP) is 1.18. The van der Waals surface area contributed by atoms with Gasteiger partial charge < -0.3 is 14.4 Å². The van der Waals surface area contributed by atoms with Crippen LogP contribution in [-0.4, -0.2) is 36.5 Å². The molecule has 0 saturated heterocycles. The van der Waals surface area contributed by atoms with Crippen molar-refractivity contribution in [3.63, 3.8) is 0 Å². The zero-order valence-electron chi connectivity index (χ0n) is 14.0. The van der Waals surface area contributed by atoms with Gasteiger partial charge in [0.05, 0.1) is 17.9 Å². The van der Waals surface area contributed by atoms with Gasteiger partial charge >= 0.3 is 5.69 Å². The number of nitrogens with zero attached hydrogens (tertiary/aromatic N) is 4. The largest absolute Gasteiger partial charge is 0.489 e. The second-order valence-electron chi connectivity index (χ2n) is 5.81. The van der Waals surface area contributed by atoms with Gasteiger partial charge in [-0.15, -0.1) is 0 Å². The van der Waals surface area contributed by atoms with Gasteiger partial charge in [-0.25, -0.2) is 9.78 Å². The summed E-state index contributed by atoms with van der Waals surface area (Å²) in [6, 6.07) is 4.77. The lowest BCUT2D eigenvalue weighted by atomic mass is 10.3. The summed E-state index contributed by atoms with van der Waals surface area (Å²) in [6.45, 7) is 0.0161. The summed E-state index contributed by atoms with van der Waals surface area (Å²) in [5.41, 5.74) is -0.450. The minimum Gasteiger partial charge on any atom is -0.489 e. The van der Waals surface area contributed by atoms with Crippen LogP contribution in [0.25, 0.3) is 11.2 Å². The van der Waals surface area contributed by atoms with Gasteiger partial charge in [0.15, 0.2) is 11.2 Å². The van der Waals surface area contributed by atoms with Crippen LogP contribution in [0.15, 0.2) is 34.1 Å². The molecule has 0 amide bonds. The van der Waals surface area contributed by atoms with Gasteiger partial charge in [-0.3, -0.25) is 13.9 Å². The topological polar surface area (TPSA) is 91.3 Å². The van der Waals surface area contributed by atoms with E-state index in [1.807, 2.05) is 0 Å². The predicted molar refractivity (Wildman–Crippen MR) is 98.2 cm³/mol. The van der Waals surface area contributed by atoms with Crippen molar-refractivity contribution in [1.29, 1.82) is 0 Å². The number of ether oxygens (including phenoxy) is 1. The molecule has 1 aromatic carbocycles. The lowest BCUT2D eigenvalue weighted by molar-refractivity contribution is 0.0934. The Balaban J connectivity index is 1.81. The first-order valence-corrected chi connectivity index (χ1v) is 8.42. The van der Waals surface area contributed by atoms with Gasteiger partial charge in [-0.1, -0.05) is 23.2 Å². The SMILES string of the molecule is Cn1c(=O)c2c(ncn2CC(O)COc2ccc(Cl)cc2Cl)n(C)c1=O. The first-order valence-electron chi connectivity index (χ1n) is 7.66. The van der Waals surface area contributed by atoms with Gasteiger partial charge in [-0.05, 0) is 18.2 Å². The Labute approximate surface area is 157 Å². The molecule has 0 saturated carbocycles. The maximum atomic E-state index is 12.4. The number of hydrogen-bond donors (Lipinski definition) is 1. The van der Waals surface area contributed by atoms with Crippen molar-refractivity contribution in [3.05, 3.63) is 55.4 Å². The molecule has 0 aliphatic carbocycles. The molecule has 1 atom stereocenters. The fourth-order valence-electron chi connectivity index (χ4n) is 2.59. The van der Waals surface area contributed by atoms with E-state index in [0.29, 0.717) is 15.8 Å². The van der Waals surface area contributed by atoms with Crippen molar-refractivity contribution in [3.8, 4) is 5.75 Å². The number of halogens is 2. The molecule has 2 heterocycles. The van der Waals surface area contributed by atoms with E-state index in [1.165, 1.54) is 29.6 Å². The average Bonchev–Trinajstić information content (AvgIpc) is 3.01. The zero-order chi connectivity index (χ0) is 19.0. The monoisotopic (exact) mass is 398 g/mol.